The number of aromatic amines is 1. The normalized spacial score (nSPS) is 14.2. The van der Waals surface area contributed by atoms with Crippen molar-refractivity contribution in [1.82, 2.24) is 15.2 Å². The van der Waals surface area contributed by atoms with Gasteiger partial charge in [0.15, 0.2) is 0 Å². The number of nitrogens with zero attached hydrogens (tertiary/aromatic N) is 1. The van der Waals surface area contributed by atoms with Crippen LogP contribution in [0.5, 0.6) is 11.5 Å². The summed E-state index contributed by atoms with van der Waals surface area (Å²) in [6, 6.07) is 22.0. The molecule has 2 heterocycles. The molecule has 0 spiro atoms. The summed E-state index contributed by atoms with van der Waals surface area (Å²) in [7, 11) is 0. The predicted molar refractivity (Wildman–Crippen MR) is 159 cm³/mol. The van der Waals surface area contributed by atoms with Crippen LogP contribution in [-0.2, 0) is 33.8 Å². The number of carboxylic acids is 2. The SMILES string of the molecule is NCCc1c[nH]c2ccc(CC3NC(=O)N(Cc4cccc(Oc5ccccc5)c4)C3=O)cc12.O.O=C(O)/C=C\C(=O)O. The highest BCUT2D eigenvalue weighted by atomic mass is 16.5. The number of benzene rings is 3. The molecule has 1 unspecified atom stereocenters. The van der Waals surface area contributed by atoms with E-state index in [0.29, 0.717) is 30.9 Å². The minimum absolute atomic E-state index is 0. The molecule has 0 saturated carbocycles. The molecule has 1 fully saturated rings. The Morgan fingerprint density at radius 3 is 2.28 bits per heavy atom. The lowest BCUT2D eigenvalue weighted by Crippen LogP contribution is -2.32. The van der Waals surface area contributed by atoms with Gasteiger partial charge in [-0.2, -0.15) is 0 Å². The van der Waals surface area contributed by atoms with E-state index in [4.69, 9.17) is 20.7 Å². The third-order valence-electron chi connectivity index (χ3n) is 6.38. The van der Waals surface area contributed by atoms with Crippen molar-refractivity contribution >= 4 is 34.8 Å². The Morgan fingerprint density at radius 2 is 1.60 bits per heavy atom. The van der Waals surface area contributed by atoms with Crippen molar-refractivity contribution in [3.63, 3.8) is 0 Å². The number of amides is 3. The topological polar surface area (TPSA) is 207 Å². The van der Waals surface area contributed by atoms with Gasteiger partial charge >= 0.3 is 18.0 Å². The summed E-state index contributed by atoms with van der Waals surface area (Å²) in [6.45, 7) is 0.756. The first-order chi connectivity index (χ1) is 20.2. The zero-order valence-corrected chi connectivity index (χ0v) is 23.0. The van der Waals surface area contributed by atoms with Crippen molar-refractivity contribution in [2.24, 2.45) is 5.73 Å². The number of carbonyl (C=O) groups excluding carboxylic acids is 2. The van der Waals surface area contributed by atoms with Crippen molar-refractivity contribution in [2.45, 2.75) is 25.4 Å². The summed E-state index contributed by atoms with van der Waals surface area (Å²) in [5.74, 6) is -1.36. The maximum Gasteiger partial charge on any atom is 0.328 e. The highest BCUT2D eigenvalue weighted by Crippen LogP contribution is 2.25. The Bertz CT molecular complexity index is 1600. The number of para-hydroxylation sites is 1. The highest BCUT2D eigenvalue weighted by Gasteiger charge is 2.37. The fraction of sp³-hybridized carbons (Fsp3) is 0.161. The number of carbonyl (C=O) groups is 4. The second-order valence-corrected chi connectivity index (χ2v) is 9.44. The Balaban J connectivity index is 0.000000497. The van der Waals surface area contributed by atoms with Crippen LogP contribution < -0.4 is 15.8 Å². The second-order valence-electron chi connectivity index (χ2n) is 9.44. The van der Waals surface area contributed by atoms with Gasteiger partial charge < -0.3 is 36.5 Å². The molecule has 1 atom stereocenters. The van der Waals surface area contributed by atoms with Gasteiger partial charge in [0.05, 0.1) is 6.54 Å². The number of fused-ring (bicyclic) bond motifs is 1. The quantitative estimate of drug-likeness (QED) is 0.137. The molecule has 12 nitrogen and oxygen atoms in total. The van der Waals surface area contributed by atoms with Crippen molar-refractivity contribution in [1.29, 1.82) is 0 Å². The Labute approximate surface area is 246 Å². The fourth-order valence-corrected chi connectivity index (χ4v) is 4.47. The third-order valence-corrected chi connectivity index (χ3v) is 6.38. The lowest BCUT2D eigenvalue weighted by Gasteiger charge is -2.14. The maximum atomic E-state index is 13.1. The summed E-state index contributed by atoms with van der Waals surface area (Å²) in [4.78, 5) is 49.3. The Kier molecular flexibility index (Phi) is 11.2. The van der Waals surface area contributed by atoms with E-state index in [1.807, 2.05) is 72.9 Å². The van der Waals surface area contributed by atoms with Crippen molar-refractivity contribution < 1.29 is 39.6 Å². The number of H-pyrrole nitrogens is 1. The van der Waals surface area contributed by atoms with Gasteiger partial charge in [0.2, 0.25) is 0 Å². The molecule has 3 aromatic carbocycles. The minimum atomic E-state index is -1.26. The standard InChI is InChI=1S/C27H26N4O3.C4H4O4.H2O/c28-12-11-20-16-29-24-10-9-18(14-23(20)24)15-25-26(32)31(27(33)30-25)17-19-5-4-8-22(13-19)34-21-6-2-1-3-7-21;5-3(6)1-2-4(7)8;/h1-10,13-14,16,25,29H,11-12,15,17,28H2,(H,30,33);1-2H,(H,5,6)(H,7,8);1H2/b;2-1-;. The van der Waals surface area contributed by atoms with E-state index in [9.17, 15) is 19.2 Å². The molecule has 43 heavy (non-hydrogen) atoms. The van der Waals surface area contributed by atoms with Gasteiger partial charge in [0, 0.05) is 35.7 Å². The van der Waals surface area contributed by atoms with Crippen LogP contribution in [0.25, 0.3) is 10.9 Å². The molecule has 8 N–H and O–H groups in total. The van der Waals surface area contributed by atoms with E-state index < -0.39 is 18.0 Å². The Hall–Kier alpha value is -5.46. The van der Waals surface area contributed by atoms with Crippen LogP contribution in [0.4, 0.5) is 4.79 Å². The molecule has 1 aliphatic heterocycles. The van der Waals surface area contributed by atoms with Crippen molar-refractivity contribution in [2.75, 3.05) is 6.54 Å². The van der Waals surface area contributed by atoms with Crippen molar-refractivity contribution in [3.05, 3.63) is 108 Å². The van der Waals surface area contributed by atoms with Gasteiger partial charge in [-0.1, -0.05) is 36.4 Å². The Morgan fingerprint density at radius 1 is 0.907 bits per heavy atom. The fourth-order valence-electron chi connectivity index (χ4n) is 4.47. The predicted octanol–water partition coefficient (Wildman–Crippen LogP) is 3.01. The van der Waals surface area contributed by atoms with Gasteiger partial charge in [0.1, 0.15) is 17.5 Å². The van der Waals surface area contributed by atoms with Gasteiger partial charge in [-0.3, -0.25) is 9.69 Å². The third kappa shape index (κ3) is 8.76. The van der Waals surface area contributed by atoms with Gasteiger partial charge in [-0.15, -0.1) is 0 Å². The van der Waals surface area contributed by atoms with E-state index in [1.54, 1.807) is 0 Å². The van der Waals surface area contributed by atoms with E-state index in [-0.39, 0.29) is 24.0 Å². The van der Waals surface area contributed by atoms with E-state index >= 15 is 0 Å². The van der Waals surface area contributed by atoms with E-state index in [1.165, 1.54) is 4.90 Å². The van der Waals surface area contributed by atoms with Crippen LogP contribution in [0.15, 0.2) is 91.1 Å². The van der Waals surface area contributed by atoms with Crippen LogP contribution in [-0.4, -0.2) is 62.0 Å². The first-order valence-electron chi connectivity index (χ1n) is 13.1. The van der Waals surface area contributed by atoms with Crippen molar-refractivity contribution in [3.8, 4) is 11.5 Å². The molecule has 12 heteroatoms. The van der Waals surface area contributed by atoms with Crippen LogP contribution >= 0.6 is 0 Å². The lowest BCUT2D eigenvalue weighted by molar-refractivity contribution is -0.134. The minimum Gasteiger partial charge on any atom is -0.478 e. The van der Waals surface area contributed by atoms with E-state index in [2.05, 4.69) is 16.4 Å². The number of rotatable bonds is 10. The molecule has 1 saturated heterocycles. The van der Waals surface area contributed by atoms with Gasteiger partial charge in [-0.05, 0) is 66.1 Å². The number of urea groups is 1. The number of hydrogen-bond acceptors (Lipinski definition) is 6. The van der Waals surface area contributed by atoms with Gasteiger partial charge in [-0.25, -0.2) is 14.4 Å². The second kappa shape index (κ2) is 15.0. The molecule has 1 aromatic heterocycles. The average molecular weight is 589 g/mol. The maximum absolute atomic E-state index is 13.1. The number of aliphatic carboxylic acids is 2. The number of imide groups is 1. The molecular formula is C31H32N4O8. The van der Waals surface area contributed by atoms with Crippen LogP contribution in [0.1, 0.15) is 16.7 Å². The van der Waals surface area contributed by atoms with Crippen LogP contribution in [0.3, 0.4) is 0 Å². The summed E-state index contributed by atoms with van der Waals surface area (Å²) in [5, 5.41) is 19.6. The molecule has 0 bridgehead atoms. The number of aromatic nitrogens is 1. The zero-order valence-electron chi connectivity index (χ0n) is 23.0. The molecule has 0 aliphatic carbocycles. The number of nitrogens with two attached hydrogens (primary N) is 1. The van der Waals surface area contributed by atoms with Crippen LogP contribution in [0.2, 0.25) is 0 Å². The highest BCUT2D eigenvalue weighted by molar-refractivity contribution is 6.04. The van der Waals surface area contributed by atoms with Crippen LogP contribution in [0, 0.1) is 0 Å². The molecular weight excluding hydrogens is 556 g/mol. The van der Waals surface area contributed by atoms with E-state index in [0.717, 1.165) is 39.8 Å². The molecule has 5 rings (SSSR count). The number of hydrogen-bond donors (Lipinski definition) is 5. The summed E-state index contributed by atoms with van der Waals surface area (Å²) in [5.41, 5.74) is 9.72. The molecule has 1 aliphatic rings. The monoisotopic (exact) mass is 588 g/mol. The lowest BCUT2D eigenvalue weighted by atomic mass is 10.0. The molecule has 3 amide bonds. The largest absolute Gasteiger partial charge is 0.478 e. The number of ether oxygens (including phenoxy) is 1. The zero-order chi connectivity index (χ0) is 30.1. The summed E-state index contributed by atoms with van der Waals surface area (Å²) >= 11 is 0. The average Bonchev–Trinajstić information content (AvgIpc) is 3.48. The smallest absolute Gasteiger partial charge is 0.328 e. The molecule has 224 valence electrons. The van der Waals surface area contributed by atoms with Gasteiger partial charge in [0.25, 0.3) is 5.91 Å². The molecule has 4 aromatic rings. The number of nitrogens with one attached hydrogen (secondary N) is 2. The first-order valence-corrected chi connectivity index (χ1v) is 13.1. The summed E-state index contributed by atoms with van der Waals surface area (Å²) in [6.07, 6.45) is 4.30. The first kappa shape index (κ1) is 32.1. The number of carboxylic acid groups (broad SMARTS) is 2. The summed E-state index contributed by atoms with van der Waals surface area (Å²) < 4.78 is 5.88. The molecule has 0 radical (unpaired) electrons.